The Morgan fingerprint density at radius 2 is 1.88 bits per heavy atom. The molecule has 3 saturated heterocycles. The van der Waals surface area contributed by atoms with Gasteiger partial charge in [0, 0.05) is 30.9 Å². The van der Waals surface area contributed by atoms with Gasteiger partial charge in [-0.05, 0) is 49.8 Å². The first-order valence-corrected chi connectivity index (χ1v) is 18.9. The molecule has 1 unspecified atom stereocenters. The Hall–Kier alpha value is -3.51. The number of aliphatic hydroxyl groups excluding tert-OH is 1. The SMILES string of the molecule is C=CCCC(=O)OC[C@H](NC(=O)[C@H]1[C@@H]2O[C@@]3(CC2Br)[C@@H]1C(=O)N(CCCCCCO)[C@@H]3C(=O)N(CC=C)c1c(C)cccc1Cl)c1ccccc1. The third kappa shape index (κ3) is 7.96. The maximum atomic E-state index is 15.0. The number of benzene rings is 2. The van der Waals surface area contributed by atoms with Crippen molar-refractivity contribution in [1.29, 1.82) is 0 Å². The van der Waals surface area contributed by atoms with Crippen LogP contribution in [0.4, 0.5) is 5.69 Å². The molecule has 1 spiro atoms. The number of ether oxygens (including phenoxy) is 2. The van der Waals surface area contributed by atoms with Crippen molar-refractivity contribution < 1.29 is 33.8 Å². The number of likely N-dealkylation sites (tertiary alicyclic amines) is 1. The van der Waals surface area contributed by atoms with Gasteiger partial charge in [-0.3, -0.25) is 19.2 Å². The van der Waals surface area contributed by atoms with E-state index in [1.54, 1.807) is 28.0 Å². The molecular formula is C39H47BrClN3O7. The number of unbranched alkanes of at least 4 members (excludes halogenated alkanes) is 3. The standard InChI is InChI=1S/C39H47BrClN3O7/c1-4-6-19-30(46)50-24-29(26-16-10-9-11-17-26)42-36(47)31-32-37(48)44(21-12-7-8-13-22-45)35(39(32)23-27(40)34(31)51-39)38(49)43(20-5-2)33-25(3)15-14-18-28(33)41/h4-5,9-11,14-18,27,29,31-32,34-35,45H,1-2,6-8,12-13,19-24H2,3H3,(H,42,47)/t27?,29-,31+,32-,34+,35+,39-/m0/s1. The Kier molecular flexibility index (Phi) is 13.2. The molecule has 3 aliphatic rings. The minimum Gasteiger partial charge on any atom is -0.463 e. The van der Waals surface area contributed by atoms with Crippen molar-refractivity contribution in [3.8, 4) is 0 Å². The summed E-state index contributed by atoms with van der Waals surface area (Å²) in [6.45, 7) is 9.83. The fraction of sp³-hybridized carbons (Fsp3) is 0.487. The summed E-state index contributed by atoms with van der Waals surface area (Å²) in [4.78, 5) is 59.4. The quantitative estimate of drug-likeness (QED) is 0.0844. The molecule has 3 heterocycles. The molecule has 7 atom stereocenters. The Morgan fingerprint density at radius 1 is 1.14 bits per heavy atom. The Bertz CT molecular complexity index is 1590. The molecule has 0 radical (unpaired) electrons. The predicted molar refractivity (Wildman–Crippen MR) is 199 cm³/mol. The number of carbonyl (C=O) groups is 4. The first-order valence-electron chi connectivity index (χ1n) is 17.6. The Balaban J connectivity index is 1.49. The van der Waals surface area contributed by atoms with Gasteiger partial charge in [-0.2, -0.15) is 0 Å². The molecule has 5 rings (SSSR count). The van der Waals surface area contributed by atoms with Gasteiger partial charge in [-0.25, -0.2) is 0 Å². The molecule has 2 aromatic carbocycles. The first-order chi connectivity index (χ1) is 24.6. The van der Waals surface area contributed by atoms with Gasteiger partial charge >= 0.3 is 5.97 Å². The van der Waals surface area contributed by atoms with Crippen molar-refractivity contribution in [3.05, 3.63) is 90.0 Å². The summed E-state index contributed by atoms with van der Waals surface area (Å²) in [5, 5.41) is 12.8. The molecule has 51 heavy (non-hydrogen) atoms. The normalized spacial score (nSPS) is 25.3. The van der Waals surface area contributed by atoms with Crippen LogP contribution in [-0.2, 0) is 28.7 Å². The molecule has 2 aromatic rings. The number of alkyl halides is 1. The van der Waals surface area contributed by atoms with E-state index in [0.29, 0.717) is 36.4 Å². The van der Waals surface area contributed by atoms with Crippen molar-refractivity contribution in [1.82, 2.24) is 10.2 Å². The van der Waals surface area contributed by atoms with E-state index in [1.807, 2.05) is 49.4 Å². The molecule has 0 aliphatic carbocycles. The van der Waals surface area contributed by atoms with Crippen LogP contribution in [0.25, 0.3) is 0 Å². The molecular weight excluding hydrogens is 738 g/mol. The van der Waals surface area contributed by atoms with Gasteiger partial charge in [0.15, 0.2) is 0 Å². The molecule has 10 nitrogen and oxygen atoms in total. The lowest BCUT2D eigenvalue weighted by atomic mass is 9.70. The summed E-state index contributed by atoms with van der Waals surface area (Å²) < 4.78 is 12.3. The zero-order chi connectivity index (χ0) is 36.7. The van der Waals surface area contributed by atoms with Crippen LogP contribution in [0.2, 0.25) is 5.02 Å². The number of aliphatic hydroxyl groups is 1. The number of amides is 3. The van der Waals surface area contributed by atoms with Crippen LogP contribution < -0.4 is 10.2 Å². The zero-order valence-corrected chi connectivity index (χ0v) is 31.3. The topological polar surface area (TPSA) is 125 Å². The Morgan fingerprint density at radius 3 is 2.57 bits per heavy atom. The van der Waals surface area contributed by atoms with Crippen molar-refractivity contribution in [3.63, 3.8) is 0 Å². The molecule has 0 saturated carbocycles. The molecule has 3 fully saturated rings. The second kappa shape index (κ2) is 17.3. The smallest absolute Gasteiger partial charge is 0.306 e. The van der Waals surface area contributed by atoms with Gasteiger partial charge in [0.05, 0.1) is 34.7 Å². The highest BCUT2D eigenvalue weighted by molar-refractivity contribution is 9.09. The lowest BCUT2D eigenvalue weighted by Crippen LogP contribution is -2.57. The Labute approximate surface area is 313 Å². The van der Waals surface area contributed by atoms with Crippen molar-refractivity contribution in [2.45, 2.75) is 80.5 Å². The third-order valence-electron chi connectivity index (χ3n) is 10.2. The molecule has 274 valence electrons. The maximum Gasteiger partial charge on any atom is 0.306 e. The van der Waals surface area contributed by atoms with E-state index >= 15 is 0 Å². The van der Waals surface area contributed by atoms with Crippen LogP contribution in [-0.4, -0.2) is 82.6 Å². The number of para-hydroxylation sites is 1. The third-order valence-corrected chi connectivity index (χ3v) is 11.3. The van der Waals surface area contributed by atoms with Gasteiger partial charge in [0.1, 0.15) is 18.2 Å². The number of aryl methyl sites for hydroxylation is 1. The minimum absolute atomic E-state index is 0.0826. The number of nitrogens with one attached hydrogen (secondary N) is 1. The monoisotopic (exact) mass is 783 g/mol. The summed E-state index contributed by atoms with van der Waals surface area (Å²) in [7, 11) is 0. The number of rotatable bonds is 18. The molecule has 0 aromatic heterocycles. The lowest BCUT2D eigenvalue weighted by molar-refractivity contribution is -0.145. The zero-order valence-electron chi connectivity index (χ0n) is 29.0. The largest absolute Gasteiger partial charge is 0.463 e. The summed E-state index contributed by atoms with van der Waals surface area (Å²) in [6, 6.07) is 12.9. The second-order valence-electron chi connectivity index (χ2n) is 13.5. The van der Waals surface area contributed by atoms with Crippen LogP contribution in [0.15, 0.2) is 73.8 Å². The summed E-state index contributed by atoms with van der Waals surface area (Å²) in [5.41, 5.74) is 0.775. The number of esters is 1. The highest BCUT2D eigenvalue weighted by Gasteiger charge is 2.76. The average molecular weight is 785 g/mol. The van der Waals surface area contributed by atoms with E-state index < -0.39 is 47.5 Å². The van der Waals surface area contributed by atoms with E-state index in [0.717, 1.165) is 24.0 Å². The minimum atomic E-state index is -1.28. The van der Waals surface area contributed by atoms with Crippen molar-refractivity contribution >= 4 is 56.9 Å². The van der Waals surface area contributed by atoms with Crippen LogP contribution >= 0.6 is 27.5 Å². The summed E-state index contributed by atoms with van der Waals surface area (Å²) >= 11 is 10.5. The van der Waals surface area contributed by atoms with Gasteiger partial charge < -0.3 is 29.7 Å². The number of halogens is 2. The molecule has 2 N–H and O–H groups in total. The number of hydrogen-bond donors (Lipinski definition) is 2. The van der Waals surface area contributed by atoms with Crippen LogP contribution in [0.3, 0.4) is 0 Å². The molecule has 12 heteroatoms. The van der Waals surface area contributed by atoms with E-state index in [9.17, 15) is 24.3 Å². The number of carbonyl (C=O) groups excluding carboxylic acids is 4. The number of nitrogens with zero attached hydrogens (tertiary/aromatic N) is 2. The first kappa shape index (κ1) is 38.7. The maximum absolute atomic E-state index is 15.0. The van der Waals surface area contributed by atoms with Gasteiger partial charge in [0.2, 0.25) is 11.8 Å². The highest BCUT2D eigenvalue weighted by Crippen LogP contribution is 2.60. The average Bonchev–Trinajstić information content (AvgIpc) is 3.71. The number of allylic oxidation sites excluding steroid dienone is 1. The van der Waals surface area contributed by atoms with Crippen molar-refractivity contribution in [2.24, 2.45) is 11.8 Å². The summed E-state index contributed by atoms with van der Waals surface area (Å²) in [5.74, 6) is -3.32. The predicted octanol–water partition coefficient (Wildman–Crippen LogP) is 5.84. The van der Waals surface area contributed by atoms with Crippen LogP contribution in [0, 0.1) is 18.8 Å². The van der Waals surface area contributed by atoms with Gasteiger partial charge in [-0.1, -0.05) is 95.0 Å². The van der Waals surface area contributed by atoms with Gasteiger partial charge in [-0.15, -0.1) is 13.2 Å². The highest BCUT2D eigenvalue weighted by atomic mass is 79.9. The molecule has 3 aliphatic heterocycles. The molecule has 3 amide bonds. The van der Waals surface area contributed by atoms with Crippen LogP contribution in [0.1, 0.15) is 62.1 Å². The lowest BCUT2D eigenvalue weighted by Gasteiger charge is -2.37. The number of fused-ring (bicyclic) bond motifs is 1. The van der Waals surface area contributed by atoms with E-state index in [4.69, 9.17) is 21.1 Å². The second-order valence-corrected chi connectivity index (χ2v) is 15.0. The number of anilines is 1. The van der Waals surface area contributed by atoms with E-state index in [1.165, 1.54) is 0 Å². The number of hydrogen-bond acceptors (Lipinski definition) is 7. The van der Waals surface area contributed by atoms with E-state index in [-0.39, 0.29) is 49.4 Å². The molecule has 2 bridgehead atoms. The van der Waals surface area contributed by atoms with Crippen LogP contribution in [0.5, 0.6) is 0 Å². The van der Waals surface area contributed by atoms with Gasteiger partial charge in [0.25, 0.3) is 5.91 Å². The summed E-state index contributed by atoms with van der Waals surface area (Å²) in [6.07, 6.45) is 6.35. The fourth-order valence-corrected chi connectivity index (χ4v) is 9.14. The van der Waals surface area contributed by atoms with Crippen molar-refractivity contribution in [2.75, 3.05) is 31.2 Å². The van der Waals surface area contributed by atoms with E-state index in [2.05, 4.69) is 34.4 Å². The fourth-order valence-electron chi connectivity index (χ4n) is 7.87.